The Labute approximate surface area is 127 Å². The molecule has 0 radical (unpaired) electrons. The number of nitrogens with zero attached hydrogens (tertiary/aromatic N) is 1. The van der Waals surface area contributed by atoms with Gasteiger partial charge in [-0.3, -0.25) is 0 Å². The number of nitrogens with one attached hydrogen (secondary N) is 1. The highest BCUT2D eigenvalue weighted by molar-refractivity contribution is 7.89. The van der Waals surface area contributed by atoms with E-state index in [0.29, 0.717) is 25.5 Å². The normalized spacial score (nSPS) is 12.0. The Balaban J connectivity index is 2.57. The topological polar surface area (TPSA) is 80.6 Å². The van der Waals surface area contributed by atoms with Crippen molar-refractivity contribution in [2.45, 2.75) is 51.2 Å². The minimum atomic E-state index is -3.55. The van der Waals surface area contributed by atoms with Crippen LogP contribution >= 0.6 is 0 Å². The van der Waals surface area contributed by atoms with E-state index in [9.17, 15) is 13.5 Å². The molecule has 0 saturated heterocycles. The lowest BCUT2D eigenvalue weighted by Gasteiger charge is -2.06. The zero-order valence-electron chi connectivity index (χ0n) is 12.8. The number of ether oxygens (including phenoxy) is 1. The maximum atomic E-state index is 12.1. The third-order valence-electron chi connectivity index (χ3n) is 3.08. The van der Waals surface area contributed by atoms with Crippen molar-refractivity contribution in [2.75, 3.05) is 19.8 Å². The zero-order valence-corrected chi connectivity index (χ0v) is 13.7. The maximum absolute atomic E-state index is 12.1. The molecule has 1 rings (SSSR count). The van der Waals surface area contributed by atoms with E-state index < -0.39 is 10.0 Å². The molecular weight excluding hydrogens is 292 g/mol. The van der Waals surface area contributed by atoms with Crippen LogP contribution in [0.4, 0.5) is 0 Å². The highest BCUT2D eigenvalue weighted by Crippen LogP contribution is 2.15. The second kappa shape index (κ2) is 9.19. The van der Waals surface area contributed by atoms with Gasteiger partial charge in [0, 0.05) is 31.6 Å². The molecule has 0 atom stereocenters. The van der Waals surface area contributed by atoms with E-state index in [-0.39, 0.29) is 18.0 Å². The van der Waals surface area contributed by atoms with Crippen molar-refractivity contribution in [2.24, 2.45) is 0 Å². The highest BCUT2D eigenvalue weighted by Gasteiger charge is 2.17. The Morgan fingerprint density at radius 2 is 2.05 bits per heavy atom. The number of hydrogen-bond acceptors (Lipinski definition) is 4. The van der Waals surface area contributed by atoms with Crippen LogP contribution < -0.4 is 4.72 Å². The molecule has 0 aliphatic heterocycles. The van der Waals surface area contributed by atoms with Crippen LogP contribution in [0.25, 0.3) is 0 Å². The van der Waals surface area contributed by atoms with Gasteiger partial charge in [-0.2, -0.15) is 0 Å². The highest BCUT2D eigenvalue weighted by atomic mass is 32.2. The van der Waals surface area contributed by atoms with Gasteiger partial charge in [-0.1, -0.05) is 20.3 Å². The monoisotopic (exact) mass is 318 g/mol. The summed E-state index contributed by atoms with van der Waals surface area (Å²) in [6.45, 7) is 5.86. The van der Waals surface area contributed by atoms with Crippen LogP contribution in [0.5, 0.6) is 0 Å². The van der Waals surface area contributed by atoms with E-state index >= 15 is 0 Å². The number of hydrogen-bond donors (Lipinski definition) is 2. The Morgan fingerprint density at radius 3 is 2.67 bits per heavy atom. The summed E-state index contributed by atoms with van der Waals surface area (Å²) in [5.74, 6) is 0. The summed E-state index contributed by atoms with van der Waals surface area (Å²) in [4.78, 5) is 0.188. The van der Waals surface area contributed by atoms with Gasteiger partial charge in [0.1, 0.15) is 0 Å². The first-order valence-electron chi connectivity index (χ1n) is 7.42. The van der Waals surface area contributed by atoms with Crippen molar-refractivity contribution in [1.82, 2.24) is 9.29 Å². The molecule has 0 amide bonds. The number of sulfonamides is 1. The van der Waals surface area contributed by atoms with Crippen LogP contribution in [0.2, 0.25) is 0 Å². The molecule has 2 N–H and O–H groups in total. The fourth-order valence-electron chi connectivity index (χ4n) is 1.93. The van der Waals surface area contributed by atoms with E-state index in [2.05, 4.69) is 11.6 Å². The molecule has 0 fully saturated rings. The van der Waals surface area contributed by atoms with Crippen molar-refractivity contribution in [1.29, 1.82) is 0 Å². The molecule has 0 unspecified atom stereocenters. The smallest absolute Gasteiger partial charge is 0.242 e. The minimum absolute atomic E-state index is 0.171. The first kappa shape index (κ1) is 18.2. The number of unbranched alkanes of at least 4 members (excludes halogenated alkanes) is 1. The van der Waals surface area contributed by atoms with Crippen molar-refractivity contribution in [3.05, 3.63) is 18.0 Å². The Kier molecular flexibility index (Phi) is 7.95. The van der Waals surface area contributed by atoms with E-state index in [1.165, 1.54) is 6.07 Å². The molecule has 21 heavy (non-hydrogen) atoms. The molecule has 0 spiro atoms. The molecule has 7 heteroatoms. The first-order valence-corrected chi connectivity index (χ1v) is 8.90. The molecule has 6 nitrogen and oxygen atoms in total. The van der Waals surface area contributed by atoms with Crippen LogP contribution in [0.3, 0.4) is 0 Å². The van der Waals surface area contributed by atoms with E-state index in [4.69, 9.17) is 4.74 Å². The number of aliphatic hydroxyl groups is 1. The summed E-state index contributed by atoms with van der Waals surface area (Å²) in [5, 5.41) is 9.26. The van der Waals surface area contributed by atoms with Gasteiger partial charge in [0.05, 0.1) is 18.1 Å². The number of aliphatic hydroxyl groups excluding tert-OH is 1. The largest absolute Gasteiger partial charge is 0.390 e. The van der Waals surface area contributed by atoms with Crippen molar-refractivity contribution in [3.8, 4) is 0 Å². The van der Waals surface area contributed by atoms with Gasteiger partial charge in [-0.15, -0.1) is 0 Å². The van der Waals surface area contributed by atoms with Crippen LogP contribution in [-0.4, -0.2) is 37.8 Å². The first-order chi connectivity index (χ1) is 10.0. The second-order valence-electron chi connectivity index (χ2n) is 4.88. The molecule has 1 aromatic rings. The van der Waals surface area contributed by atoms with Crippen LogP contribution in [0.1, 0.15) is 38.8 Å². The number of aromatic nitrogens is 1. The minimum Gasteiger partial charge on any atom is -0.390 e. The summed E-state index contributed by atoms with van der Waals surface area (Å²) >= 11 is 0. The average Bonchev–Trinajstić information content (AvgIpc) is 2.87. The maximum Gasteiger partial charge on any atom is 0.242 e. The van der Waals surface area contributed by atoms with Crippen molar-refractivity contribution >= 4 is 10.0 Å². The molecule has 122 valence electrons. The molecular formula is C14H26N2O4S. The van der Waals surface area contributed by atoms with E-state index in [0.717, 1.165) is 19.3 Å². The fourth-order valence-corrected chi connectivity index (χ4v) is 3.01. The van der Waals surface area contributed by atoms with Gasteiger partial charge in [-0.05, 0) is 18.9 Å². The van der Waals surface area contributed by atoms with E-state index in [1.807, 2.05) is 6.92 Å². The standard InChI is InChI=1S/C14H26N2O4S/c1-3-5-8-20-9-6-15-21(18,19)14-10-13(12-17)16(11-14)7-4-2/h10-11,15,17H,3-9,12H2,1-2H3. The van der Waals surface area contributed by atoms with Gasteiger partial charge in [0.25, 0.3) is 0 Å². The summed E-state index contributed by atoms with van der Waals surface area (Å²) in [7, 11) is -3.55. The molecule has 0 aliphatic rings. The van der Waals surface area contributed by atoms with Gasteiger partial charge in [-0.25, -0.2) is 13.1 Å². The lowest BCUT2D eigenvalue weighted by molar-refractivity contribution is 0.136. The fraction of sp³-hybridized carbons (Fsp3) is 0.714. The molecule has 0 aliphatic carbocycles. The van der Waals surface area contributed by atoms with Gasteiger partial charge in [0.2, 0.25) is 10.0 Å². The predicted octanol–water partition coefficient (Wildman–Crippen LogP) is 1.49. The lowest BCUT2D eigenvalue weighted by Crippen LogP contribution is -2.27. The molecule has 0 bridgehead atoms. The lowest BCUT2D eigenvalue weighted by atomic mass is 10.4. The number of aryl methyl sites for hydroxylation is 1. The van der Waals surface area contributed by atoms with Crippen LogP contribution in [-0.2, 0) is 27.9 Å². The Hall–Kier alpha value is -0.890. The molecule has 0 saturated carbocycles. The molecule has 1 heterocycles. The van der Waals surface area contributed by atoms with Crippen LogP contribution in [0, 0.1) is 0 Å². The Morgan fingerprint density at radius 1 is 1.29 bits per heavy atom. The van der Waals surface area contributed by atoms with Crippen molar-refractivity contribution < 1.29 is 18.3 Å². The molecule has 0 aromatic carbocycles. The average molecular weight is 318 g/mol. The number of rotatable bonds is 11. The predicted molar refractivity (Wildman–Crippen MR) is 81.6 cm³/mol. The van der Waals surface area contributed by atoms with E-state index in [1.54, 1.807) is 10.8 Å². The third-order valence-corrected chi connectivity index (χ3v) is 4.51. The summed E-state index contributed by atoms with van der Waals surface area (Å²) in [5.41, 5.74) is 0.608. The van der Waals surface area contributed by atoms with Gasteiger partial charge >= 0.3 is 0 Å². The summed E-state index contributed by atoms with van der Waals surface area (Å²) < 4.78 is 33.9. The summed E-state index contributed by atoms with van der Waals surface area (Å²) in [6, 6.07) is 1.51. The SMILES string of the molecule is CCCCOCCNS(=O)(=O)c1cc(CO)n(CCC)c1. The van der Waals surface area contributed by atoms with Gasteiger partial charge in [0.15, 0.2) is 0 Å². The quantitative estimate of drug-likeness (QED) is 0.606. The summed E-state index contributed by atoms with van der Waals surface area (Å²) in [6.07, 6.45) is 4.47. The third kappa shape index (κ3) is 5.78. The Bertz CT molecular complexity index is 511. The van der Waals surface area contributed by atoms with Gasteiger partial charge < -0.3 is 14.4 Å². The zero-order chi connectivity index (χ0) is 15.7. The van der Waals surface area contributed by atoms with Crippen molar-refractivity contribution in [3.63, 3.8) is 0 Å². The second-order valence-corrected chi connectivity index (χ2v) is 6.65. The van der Waals surface area contributed by atoms with Crippen LogP contribution in [0.15, 0.2) is 17.2 Å². The molecule has 1 aromatic heterocycles.